The van der Waals surface area contributed by atoms with Gasteiger partial charge in [0.2, 0.25) is 0 Å². The van der Waals surface area contributed by atoms with Crippen molar-refractivity contribution >= 4 is 33.4 Å². The lowest BCUT2D eigenvalue weighted by atomic mass is 9.83. The summed E-state index contributed by atoms with van der Waals surface area (Å²) in [5, 5.41) is 11.7. The van der Waals surface area contributed by atoms with Gasteiger partial charge in [0.1, 0.15) is 23.6 Å². The Morgan fingerprint density at radius 1 is 1.20 bits per heavy atom. The van der Waals surface area contributed by atoms with Crippen LogP contribution in [0.15, 0.2) is 24.7 Å². The number of aryl methyl sites for hydroxylation is 1. The lowest BCUT2D eigenvalue weighted by molar-refractivity contribution is 0.0972. The van der Waals surface area contributed by atoms with Gasteiger partial charge in [0.15, 0.2) is 0 Å². The van der Waals surface area contributed by atoms with E-state index in [-0.39, 0.29) is 23.4 Å². The monoisotopic (exact) mass is 408 g/mol. The van der Waals surface area contributed by atoms with Crippen LogP contribution in [0.4, 0.5) is 15.9 Å². The summed E-state index contributed by atoms with van der Waals surface area (Å²) < 4.78 is 26.1. The van der Waals surface area contributed by atoms with Crippen LogP contribution in [-0.2, 0) is 22.3 Å². The third-order valence-corrected chi connectivity index (χ3v) is 6.72. The van der Waals surface area contributed by atoms with Gasteiger partial charge in [-0.25, -0.2) is 14.4 Å². The molecule has 2 unspecified atom stereocenters. The average Bonchev–Trinajstić information content (AvgIpc) is 3.03. The minimum Gasteiger partial charge on any atom is -0.378 e. The van der Waals surface area contributed by atoms with Gasteiger partial charge in [-0.05, 0) is 30.9 Å². The van der Waals surface area contributed by atoms with E-state index in [4.69, 9.17) is 9.47 Å². The van der Waals surface area contributed by atoms with Gasteiger partial charge in [-0.15, -0.1) is 0 Å². The van der Waals surface area contributed by atoms with E-state index >= 15 is 0 Å². The number of nitrogens with zero attached hydrogens (tertiary/aromatic N) is 3. The maximum Gasteiger partial charge on any atom is 0.148 e. The average molecular weight is 408 g/mol. The molecule has 1 fully saturated rings. The molecule has 2 aliphatic carbocycles. The van der Waals surface area contributed by atoms with Crippen molar-refractivity contribution in [2.45, 2.75) is 31.5 Å². The summed E-state index contributed by atoms with van der Waals surface area (Å²) in [6.45, 7) is 0. The summed E-state index contributed by atoms with van der Waals surface area (Å²) >= 11 is 0. The number of hydrogen-bond acceptors (Lipinski definition) is 6. The number of aromatic nitrogens is 5. The maximum absolute atomic E-state index is 14.7. The maximum atomic E-state index is 14.7. The summed E-state index contributed by atoms with van der Waals surface area (Å²) in [5.74, 6) is 0.209. The Kier molecular flexibility index (Phi) is 3.69. The van der Waals surface area contributed by atoms with Gasteiger partial charge in [0.05, 0.1) is 35.0 Å². The molecule has 0 aliphatic heterocycles. The summed E-state index contributed by atoms with van der Waals surface area (Å²) in [5.41, 5.74) is 4.03. The summed E-state index contributed by atoms with van der Waals surface area (Å²) in [7, 11) is 3.47. The Morgan fingerprint density at radius 3 is 2.83 bits per heavy atom. The van der Waals surface area contributed by atoms with Crippen LogP contribution in [-0.4, -0.2) is 51.6 Å². The Bertz CT molecular complexity index is 1270. The number of methoxy groups -OCH3 is 2. The van der Waals surface area contributed by atoms with Gasteiger partial charge < -0.3 is 19.8 Å². The molecule has 2 atom stereocenters. The fourth-order valence-electron chi connectivity index (χ4n) is 5.22. The number of halogens is 1. The highest BCUT2D eigenvalue weighted by atomic mass is 19.1. The molecule has 9 heteroatoms. The van der Waals surface area contributed by atoms with Crippen LogP contribution in [0.3, 0.4) is 0 Å². The van der Waals surface area contributed by atoms with Gasteiger partial charge in [-0.1, -0.05) is 0 Å². The van der Waals surface area contributed by atoms with Gasteiger partial charge >= 0.3 is 0 Å². The number of nitrogens with one attached hydrogen (secondary N) is 3. The van der Waals surface area contributed by atoms with Crippen LogP contribution in [0.25, 0.3) is 21.9 Å². The molecule has 0 bridgehead atoms. The molecule has 2 aliphatic rings. The minimum atomic E-state index is -0.375. The second-order valence-electron chi connectivity index (χ2n) is 8.16. The van der Waals surface area contributed by atoms with Crippen molar-refractivity contribution in [3.8, 4) is 0 Å². The Hall–Kier alpha value is -3.04. The molecule has 3 N–H and O–H groups in total. The third-order valence-electron chi connectivity index (χ3n) is 6.72. The standard InChI is InChI=1S/C21H21FN6O2/c1-29-17-18(30-2)21(17)4-3-13-11(7-21)16-19(26-13)23-9-24-20(16)27-15-5-10-8-25-28-14(10)6-12(15)22/h5-6,8-9,17-18H,3-4,7H2,1-2H3,(H,25,28)(H2,23,24,26,27). The van der Waals surface area contributed by atoms with E-state index in [1.807, 2.05) is 0 Å². The third kappa shape index (κ3) is 2.36. The predicted octanol–water partition coefficient (Wildman–Crippen LogP) is 3.24. The number of aromatic amines is 2. The lowest BCUT2D eigenvalue weighted by Crippen LogP contribution is -2.21. The topological polar surface area (TPSA) is 101 Å². The molecule has 3 heterocycles. The minimum absolute atomic E-state index is 0.0281. The van der Waals surface area contributed by atoms with E-state index in [1.165, 1.54) is 12.4 Å². The van der Waals surface area contributed by atoms with Crippen LogP contribution in [0.1, 0.15) is 17.7 Å². The number of H-pyrrole nitrogens is 2. The van der Waals surface area contributed by atoms with Crippen molar-refractivity contribution in [1.29, 1.82) is 0 Å². The van der Waals surface area contributed by atoms with Crippen molar-refractivity contribution in [2.24, 2.45) is 5.41 Å². The normalized spacial score (nSPS) is 25.2. The van der Waals surface area contributed by atoms with E-state index < -0.39 is 0 Å². The van der Waals surface area contributed by atoms with E-state index in [0.29, 0.717) is 17.0 Å². The molecule has 0 radical (unpaired) electrons. The zero-order chi connectivity index (χ0) is 20.5. The van der Waals surface area contributed by atoms with Gasteiger partial charge in [-0.2, -0.15) is 5.10 Å². The molecule has 4 aromatic rings. The second kappa shape index (κ2) is 6.23. The molecule has 8 nitrogen and oxygen atoms in total. The molecule has 6 rings (SSSR count). The molecule has 1 saturated carbocycles. The summed E-state index contributed by atoms with van der Waals surface area (Å²) in [4.78, 5) is 12.3. The quantitative estimate of drug-likeness (QED) is 0.479. The van der Waals surface area contributed by atoms with Crippen LogP contribution in [0.2, 0.25) is 0 Å². The molecule has 30 heavy (non-hydrogen) atoms. The second-order valence-corrected chi connectivity index (χ2v) is 8.16. The number of fused-ring (bicyclic) bond motifs is 4. The highest BCUT2D eigenvalue weighted by molar-refractivity contribution is 5.94. The van der Waals surface area contributed by atoms with E-state index in [1.54, 1.807) is 26.5 Å². The predicted molar refractivity (Wildman–Crippen MR) is 109 cm³/mol. The summed E-state index contributed by atoms with van der Waals surface area (Å²) in [6, 6.07) is 3.16. The van der Waals surface area contributed by atoms with Crippen LogP contribution in [0.5, 0.6) is 0 Å². The van der Waals surface area contributed by atoms with E-state index in [0.717, 1.165) is 46.9 Å². The fraction of sp³-hybridized carbons (Fsp3) is 0.381. The zero-order valence-corrected chi connectivity index (χ0v) is 16.6. The molecule has 3 aromatic heterocycles. The molecule has 0 saturated heterocycles. The smallest absolute Gasteiger partial charge is 0.148 e. The van der Waals surface area contributed by atoms with Crippen LogP contribution < -0.4 is 5.32 Å². The molecule has 1 spiro atoms. The highest BCUT2D eigenvalue weighted by Crippen LogP contribution is 2.58. The van der Waals surface area contributed by atoms with Crippen molar-refractivity contribution in [2.75, 3.05) is 19.5 Å². The van der Waals surface area contributed by atoms with Gasteiger partial charge in [0.25, 0.3) is 0 Å². The van der Waals surface area contributed by atoms with Crippen molar-refractivity contribution < 1.29 is 13.9 Å². The lowest BCUT2D eigenvalue weighted by Gasteiger charge is -2.23. The Morgan fingerprint density at radius 2 is 2.03 bits per heavy atom. The van der Waals surface area contributed by atoms with Gasteiger partial charge in [-0.3, -0.25) is 5.10 Å². The molecule has 0 amide bonds. The van der Waals surface area contributed by atoms with Crippen molar-refractivity contribution in [3.05, 3.63) is 41.7 Å². The SMILES string of the molecule is COC1C(OC)C12CCc1[nH]c3ncnc(Nc4cc5cn[nH]c5cc4F)c3c1C2. The molecule has 154 valence electrons. The molecular formula is C21H21FN6O2. The number of anilines is 2. The number of ether oxygens (including phenoxy) is 2. The summed E-state index contributed by atoms with van der Waals surface area (Å²) in [6.07, 6.45) is 6.02. The first-order valence-electron chi connectivity index (χ1n) is 9.94. The number of benzene rings is 1. The van der Waals surface area contributed by atoms with Crippen LogP contribution in [0, 0.1) is 11.2 Å². The number of hydrogen-bond donors (Lipinski definition) is 3. The highest BCUT2D eigenvalue weighted by Gasteiger charge is 2.66. The Labute approximate surface area is 171 Å². The Balaban J connectivity index is 1.44. The number of rotatable bonds is 4. The fourth-order valence-corrected chi connectivity index (χ4v) is 5.22. The first-order valence-corrected chi connectivity index (χ1v) is 9.94. The van der Waals surface area contributed by atoms with Crippen molar-refractivity contribution in [1.82, 2.24) is 25.1 Å². The first kappa shape index (κ1) is 17.8. The largest absolute Gasteiger partial charge is 0.378 e. The first-order chi connectivity index (χ1) is 14.6. The molecule has 1 aromatic carbocycles. The van der Waals surface area contributed by atoms with E-state index in [2.05, 4.69) is 30.5 Å². The molecular weight excluding hydrogens is 387 g/mol. The van der Waals surface area contributed by atoms with Crippen LogP contribution >= 0.6 is 0 Å². The zero-order valence-electron chi connectivity index (χ0n) is 16.6. The van der Waals surface area contributed by atoms with Gasteiger partial charge in [0, 0.05) is 36.8 Å². The van der Waals surface area contributed by atoms with E-state index in [9.17, 15) is 4.39 Å². The van der Waals surface area contributed by atoms with Crippen molar-refractivity contribution in [3.63, 3.8) is 0 Å².